The van der Waals surface area contributed by atoms with Gasteiger partial charge in [-0.05, 0) is 46.5 Å². The molecule has 0 unspecified atom stereocenters. The van der Waals surface area contributed by atoms with E-state index in [9.17, 15) is 25.5 Å². The summed E-state index contributed by atoms with van der Waals surface area (Å²) in [7, 11) is 1.37. The van der Waals surface area contributed by atoms with Crippen LogP contribution in [0.2, 0.25) is 0 Å². The van der Waals surface area contributed by atoms with E-state index in [0.29, 0.717) is 5.69 Å². The van der Waals surface area contributed by atoms with Gasteiger partial charge in [0.2, 0.25) is 0 Å². The number of carbonyl (C=O) groups excluding carboxylic acids is 1. The third-order valence-electron chi connectivity index (χ3n) is 6.45. The zero-order valence-electron chi connectivity index (χ0n) is 26.5. The molecule has 0 fully saturated rings. The van der Waals surface area contributed by atoms with Crippen molar-refractivity contribution < 1.29 is 29.2 Å². The van der Waals surface area contributed by atoms with Crippen molar-refractivity contribution in [3.63, 3.8) is 0 Å². The summed E-state index contributed by atoms with van der Waals surface area (Å²) in [5.74, 6) is -0.918. The Kier molecular flexibility index (Phi) is 14.1. The molecule has 12 nitrogen and oxygen atoms in total. The summed E-state index contributed by atoms with van der Waals surface area (Å²) in [6.45, 7) is 13.1. The normalized spacial score (nSPS) is 10.3. The number of methoxy groups -OCH3 is 1. The van der Waals surface area contributed by atoms with E-state index in [1.165, 1.54) is 13.2 Å². The number of anilines is 2. The van der Waals surface area contributed by atoms with Gasteiger partial charge in [-0.25, -0.2) is 4.79 Å². The first-order valence-corrected chi connectivity index (χ1v) is 14.2. The highest BCUT2D eigenvalue weighted by Gasteiger charge is 2.26. The number of carbonyl (C=O) groups is 1. The first kappa shape index (κ1) is 36.7. The molecule has 0 heterocycles. The third kappa shape index (κ3) is 9.61. The Bertz CT molecular complexity index is 1480. The van der Waals surface area contributed by atoms with Crippen LogP contribution < -0.4 is 20.1 Å². The number of ether oxygens (including phenoxy) is 3. The van der Waals surface area contributed by atoms with Gasteiger partial charge in [0.15, 0.2) is 23.0 Å². The topological polar surface area (TPSA) is 204 Å². The van der Waals surface area contributed by atoms with Crippen LogP contribution in [0.3, 0.4) is 0 Å². The minimum absolute atomic E-state index is 0.0265. The highest BCUT2D eigenvalue weighted by molar-refractivity contribution is 5.78. The molecule has 2 rings (SSSR count). The summed E-state index contributed by atoms with van der Waals surface area (Å²) in [5, 5.41) is 62.5. The van der Waals surface area contributed by atoms with Crippen LogP contribution in [-0.4, -0.2) is 41.2 Å². The van der Waals surface area contributed by atoms with Crippen LogP contribution in [0.1, 0.15) is 96.4 Å². The highest BCUT2D eigenvalue weighted by Crippen LogP contribution is 2.40. The van der Waals surface area contributed by atoms with Crippen molar-refractivity contribution in [2.45, 2.75) is 91.8 Å². The fourth-order valence-corrected chi connectivity index (χ4v) is 3.99. The van der Waals surface area contributed by atoms with Crippen molar-refractivity contribution in [3.05, 3.63) is 34.4 Å². The maximum atomic E-state index is 12.1. The summed E-state index contributed by atoms with van der Waals surface area (Å²) in [6, 6.07) is 10.5. The predicted octanol–water partition coefficient (Wildman–Crippen LogP) is 6.79. The lowest BCUT2D eigenvalue weighted by Gasteiger charge is -2.22. The maximum absolute atomic E-state index is 12.1. The Hall–Kier alpha value is -5.33. The van der Waals surface area contributed by atoms with Gasteiger partial charge in [0.1, 0.15) is 41.0 Å². The molecule has 0 bridgehead atoms. The van der Waals surface area contributed by atoms with Crippen LogP contribution in [0, 0.1) is 45.3 Å². The van der Waals surface area contributed by atoms with Gasteiger partial charge in [-0.1, -0.05) is 27.7 Å². The van der Waals surface area contributed by atoms with Crippen molar-refractivity contribution in [2.24, 2.45) is 0 Å². The molecule has 0 saturated carbocycles. The lowest BCUT2D eigenvalue weighted by molar-refractivity contribution is 0.0200. The first-order chi connectivity index (χ1) is 20.8. The summed E-state index contributed by atoms with van der Waals surface area (Å²) in [6.07, 6.45) is 2.31. The second kappa shape index (κ2) is 16.9. The number of nitrogens with zero attached hydrogens (tertiary/aromatic N) is 4. The molecule has 0 atom stereocenters. The Morgan fingerprint density at radius 3 is 1.66 bits per heavy atom. The fraction of sp³-hybridized carbons (Fsp3) is 0.469. The number of phenolic OH excluding ortho intramolecular Hbond substituents is 2. The molecule has 44 heavy (non-hydrogen) atoms. The molecule has 0 aliphatic carbocycles. The van der Waals surface area contributed by atoms with Crippen LogP contribution in [0.15, 0.2) is 12.1 Å². The van der Waals surface area contributed by atoms with Gasteiger partial charge in [0.25, 0.3) is 0 Å². The summed E-state index contributed by atoms with van der Waals surface area (Å²) in [5.41, 5.74) is 0.167. The van der Waals surface area contributed by atoms with E-state index >= 15 is 0 Å². The van der Waals surface area contributed by atoms with Crippen LogP contribution in [0.4, 0.5) is 16.2 Å². The third-order valence-corrected chi connectivity index (χ3v) is 6.45. The maximum Gasteiger partial charge on any atom is 0.514 e. The largest absolute Gasteiger partial charge is 0.514 e. The molecule has 0 saturated heterocycles. The molecule has 0 radical (unpaired) electrons. The average Bonchev–Trinajstić information content (AvgIpc) is 2.99. The second-order valence-corrected chi connectivity index (χ2v) is 10.6. The number of benzene rings is 2. The molecule has 0 spiro atoms. The van der Waals surface area contributed by atoms with Crippen LogP contribution in [0.25, 0.3) is 0 Å². The van der Waals surface area contributed by atoms with Crippen molar-refractivity contribution in [1.82, 2.24) is 0 Å². The Labute approximate surface area is 259 Å². The van der Waals surface area contributed by atoms with Gasteiger partial charge < -0.3 is 35.1 Å². The quantitative estimate of drug-likeness (QED) is 0.0956. The molecule has 12 heteroatoms. The van der Waals surface area contributed by atoms with Gasteiger partial charge in [-0.15, -0.1) is 0 Å². The number of hydrogen-bond donors (Lipinski definition) is 4. The molecule has 0 aromatic heterocycles. The molecular formula is C32H40N6O6. The number of nitrogens with one attached hydrogen (secondary N) is 2. The number of rotatable bonds is 10. The lowest BCUT2D eigenvalue weighted by Crippen LogP contribution is -2.26. The van der Waals surface area contributed by atoms with Crippen molar-refractivity contribution in [2.75, 3.05) is 17.7 Å². The Balaban J connectivity index is 0.000000470. The zero-order chi connectivity index (χ0) is 33.6. The van der Waals surface area contributed by atoms with E-state index in [1.54, 1.807) is 20.8 Å². The van der Waals surface area contributed by atoms with Crippen molar-refractivity contribution >= 4 is 17.5 Å². The highest BCUT2D eigenvalue weighted by atomic mass is 16.7. The van der Waals surface area contributed by atoms with Gasteiger partial charge in [0.05, 0.1) is 29.6 Å². The number of aromatic hydroxyl groups is 2. The first-order valence-electron chi connectivity index (χ1n) is 14.2. The zero-order valence-corrected chi connectivity index (χ0v) is 26.5. The fourth-order valence-electron chi connectivity index (χ4n) is 3.99. The standard InChI is InChI=1S/C19H25N3O4.C13H15N3O2/c1-7-13(8-2)22-16-12(10-20)9-15(24-6)17(14(16)11-21)25-18(23)26-19(3,4)5;1-3-9(4-2)16-12-8(6-14)5-11(17)13(18)10(12)7-15/h9,13,22H,7-8H2,1-6H3;5,9,16-18H,3-4H2,1-2H3. The Morgan fingerprint density at radius 2 is 1.27 bits per heavy atom. The number of hydrogen-bond acceptors (Lipinski definition) is 12. The van der Waals surface area contributed by atoms with Crippen LogP contribution in [-0.2, 0) is 4.74 Å². The van der Waals surface area contributed by atoms with Crippen LogP contribution >= 0.6 is 0 Å². The Morgan fingerprint density at radius 1 is 0.818 bits per heavy atom. The van der Waals surface area contributed by atoms with Gasteiger partial charge in [0, 0.05) is 24.2 Å². The summed E-state index contributed by atoms with van der Waals surface area (Å²) >= 11 is 0. The van der Waals surface area contributed by atoms with Crippen LogP contribution in [0.5, 0.6) is 23.0 Å². The minimum atomic E-state index is -0.953. The van der Waals surface area contributed by atoms with E-state index in [-0.39, 0.29) is 51.5 Å². The predicted molar refractivity (Wildman–Crippen MR) is 164 cm³/mol. The minimum Gasteiger partial charge on any atom is -0.504 e. The molecule has 2 aromatic rings. The molecule has 0 aliphatic heterocycles. The molecule has 2 aromatic carbocycles. The monoisotopic (exact) mass is 604 g/mol. The lowest BCUT2D eigenvalue weighted by atomic mass is 10.0. The van der Waals surface area contributed by atoms with E-state index < -0.39 is 23.3 Å². The molecular weight excluding hydrogens is 564 g/mol. The van der Waals surface area contributed by atoms with E-state index in [0.717, 1.165) is 31.7 Å². The summed E-state index contributed by atoms with van der Waals surface area (Å²) < 4.78 is 15.6. The second-order valence-electron chi connectivity index (χ2n) is 10.6. The van der Waals surface area contributed by atoms with Gasteiger partial charge in [-0.3, -0.25) is 0 Å². The summed E-state index contributed by atoms with van der Waals surface area (Å²) in [4.78, 5) is 12.1. The molecule has 0 amide bonds. The van der Waals surface area contributed by atoms with Gasteiger partial charge in [-0.2, -0.15) is 21.0 Å². The molecule has 234 valence electrons. The van der Waals surface area contributed by atoms with E-state index in [4.69, 9.17) is 24.7 Å². The molecule has 0 aliphatic rings. The number of phenols is 2. The number of nitriles is 4. The average molecular weight is 605 g/mol. The SMILES string of the molecule is CCC(CC)Nc1c(C#N)cc(O)c(O)c1C#N.CCC(CC)Nc1c(C#N)cc(OC)c(OC(=O)OC(C)(C)C)c1C#N. The van der Waals surface area contributed by atoms with Crippen molar-refractivity contribution in [3.8, 4) is 47.3 Å². The molecule has 4 N–H and O–H groups in total. The van der Waals surface area contributed by atoms with E-state index in [1.807, 2.05) is 45.9 Å². The van der Waals surface area contributed by atoms with Gasteiger partial charge >= 0.3 is 6.16 Å². The van der Waals surface area contributed by atoms with Crippen molar-refractivity contribution in [1.29, 1.82) is 21.0 Å². The smallest absolute Gasteiger partial charge is 0.504 e. The van der Waals surface area contributed by atoms with E-state index in [2.05, 4.69) is 16.7 Å².